The van der Waals surface area contributed by atoms with Gasteiger partial charge in [0, 0.05) is 12.2 Å². The molecule has 0 aliphatic carbocycles. The Hall–Kier alpha value is -1.74. The zero-order valence-corrected chi connectivity index (χ0v) is 16.4. The van der Waals surface area contributed by atoms with Crippen molar-refractivity contribution in [2.24, 2.45) is 0 Å². The molecule has 2 N–H and O–H groups in total. The van der Waals surface area contributed by atoms with Gasteiger partial charge >= 0.3 is 0 Å². The largest absolute Gasteiger partial charge is 0.369 e. The number of rotatable bonds is 4. The molecule has 0 aliphatic rings. The molecule has 1 heterocycles. The molecule has 0 amide bonds. The highest BCUT2D eigenvalue weighted by atomic mass is 35.5. The van der Waals surface area contributed by atoms with E-state index in [1.807, 2.05) is 6.07 Å². The number of aromatic nitrogens is 2. The Bertz CT molecular complexity index is 791. The molecule has 0 spiro atoms. The number of nitrogens with one attached hydrogen (secondary N) is 2. The number of hydrogen-bond acceptors (Lipinski definition) is 4. The standard InChI is InChI=1S/C17H19Cl2N4Si/c1-5-20-16-12(8-9-24(2,3)4)11-21-17(23-16)22-13-6-7-14(18)15(19)10-13/h6-7,10-11H,1,5H2,2-4H3,(H2,20,21,22,23). The molecule has 0 atom stereocenters. The first-order chi connectivity index (χ1) is 11.3. The zero-order chi connectivity index (χ0) is 17.7. The van der Waals surface area contributed by atoms with E-state index in [-0.39, 0.29) is 0 Å². The molecule has 1 aromatic heterocycles. The minimum absolute atomic E-state index is 0.447. The quantitative estimate of drug-likeness (QED) is 0.581. The van der Waals surface area contributed by atoms with Gasteiger partial charge in [-0.2, -0.15) is 4.98 Å². The molecular weight excluding hydrogens is 359 g/mol. The van der Waals surface area contributed by atoms with Gasteiger partial charge in [0.15, 0.2) is 0 Å². The Morgan fingerprint density at radius 2 is 1.96 bits per heavy atom. The summed E-state index contributed by atoms with van der Waals surface area (Å²) in [6, 6.07) is 5.25. The lowest BCUT2D eigenvalue weighted by atomic mass is 10.3. The highest BCUT2D eigenvalue weighted by Gasteiger charge is 2.10. The number of benzene rings is 1. The first kappa shape index (κ1) is 18.6. The monoisotopic (exact) mass is 377 g/mol. The van der Waals surface area contributed by atoms with Crippen molar-refractivity contribution in [2.75, 3.05) is 17.2 Å². The van der Waals surface area contributed by atoms with Gasteiger partial charge in [-0.05, 0) is 25.1 Å². The van der Waals surface area contributed by atoms with Crippen molar-refractivity contribution >= 4 is 48.7 Å². The summed E-state index contributed by atoms with van der Waals surface area (Å²) in [5, 5.41) is 7.20. The van der Waals surface area contributed by atoms with Crippen molar-refractivity contribution in [1.29, 1.82) is 0 Å². The van der Waals surface area contributed by atoms with Crippen molar-refractivity contribution in [2.45, 2.75) is 19.6 Å². The zero-order valence-electron chi connectivity index (χ0n) is 13.9. The van der Waals surface area contributed by atoms with E-state index in [9.17, 15) is 0 Å². The van der Waals surface area contributed by atoms with E-state index in [2.05, 4.69) is 58.6 Å². The van der Waals surface area contributed by atoms with Gasteiger partial charge in [0.1, 0.15) is 13.9 Å². The van der Waals surface area contributed by atoms with E-state index < -0.39 is 8.07 Å². The third-order valence-corrected chi connectivity index (χ3v) is 4.44. The van der Waals surface area contributed by atoms with E-state index in [1.165, 1.54) is 0 Å². The molecule has 7 heteroatoms. The van der Waals surface area contributed by atoms with Gasteiger partial charge in [-0.15, -0.1) is 5.54 Å². The topological polar surface area (TPSA) is 49.8 Å². The minimum atomic E-state index is -1.47. The van der Waals surface area contributed by atoms with Crippen molar-refractivity contribution in [3.63, 3.8) is 0 Å². The number of halogens is 2. The number of nitrogens with zero attached hydrogens (tertiary/aromatic N) is 2. The molecule has 1 radical (unpaired) electrons. The van der Waals surface area contributed by atoms with Crippen LogP contribution in [0.5, 0.6) is 0 Å². The van der Waals surface area contributed by atoms with Crippen LogP contribution in [0.4, 0.5) is 17.5 Å². The SMILES string of the molecule is [CH2]CNc1nc(Nc2ccc(Cl)c(Cl)c2)ncc1C#C[Si](C)(C)C. The van der Waals surface area contributed by atoms with Crippen LogP contribution in [0, 0.1) is 18.4 Å². The van der Waals surface area contributed by atoms with Crippen LogP contribution >= 0.6 is 23.2 Å². The highest BCUT2D eigenvalue weighted by Crippen LogP contribution is 2.26. The Morgan fingerprint density at radius 1 is 1.21 bits per heavy atom. The van der Waals surface area contributed by atoms with Crippen LogP contribution in [-0.2, 0) is 0 Å². The summed E-state index contributed by atoms with van der Waals surface area (Å²) in [6.07, 6.45) is 1.71. The molecule has 0 saturated heterocycles. The predicted octanol–water partition coefficient (Wildman–Crippen LogP) is 5.00. The van der Waals surface area contributed by atoms with Crippen LogP contribution in [0.3, 0.4) is 0 Å². The fraction of sp³-hybridized carbons (Fsp3) is 0.235. The maximum absolute atomic E-state index is 6.02. The smallest absolute Gasteiger partial charge is 0.229 e. The molecule has 24 heavy (non-hydrogen) atoms. The summed E-state index contributed by atoms with van der Waals surface area (Å²) in [6.45, 7) is 10.9. The van der Waals surface area contributed by atoms with E-state index >= 15 is 0 Å². The molecule has 0 aliphatic heterocycles. The Labute approximate surface area is 154 Å². The Balaban J connectivity index is 2.30. The molecule has 4 nitrogen and oxygen atoms in total. The van der Waals surface area contributed by atoms with Crippen LogP contribution in [0.1, 0.15) is 5.56 Å². The van der Waals surface area contributed by atoms with E-state index in [1.54, 1.807) is 18.3 Å². The van der Waals surface area contributed by atoms with Crippen LogP contribution < -0.4 is 10.6 Å². The van der Waals surface area contributed by atoms with Crippen LogP contribution in [0.2, 0.25) is 29.7 Å². The lowest BCUT2D eigenvalue weighted by Gasteiger charge is -2.10. The van der Waals surface area contributed by atoms with E-state index in [0.717, 1.165) is 11.3 Å². The van der Waals surface area contributed by atoms with Gasteiger partial charge in [0.25, 0.3) is 0 Å². The molecule has 2 aromatic rings. The Morgan fingerprint density at radius 3 is 2.58 bits per heavy atom. The normalized spacial score (nSPS) is 10.8. The fourth-order valence-corrected chi connectivity index (χ4v) is 2.55. The summed E-state index contributed by atoms with van der Waals surface area (Å²) >= 11 is 11.9. The van der Waals surface area contributed by atoms with Crippen LogP contribution in [0.25, 0.3) is 0 Å². The first-order valence-corrected chi connectivity index (χ1v) is 11.7. The van der Waals surface area contributed by atoms with Gasteiger partial charge in [-0.25, -0.2) is 4.98 Å². The molecule has 0 bridgehead atoms. The van der Waals surface area contributed by atoms with Gasteiger partial charge in [-0.1, -0.05) is 48.8 Å². The van der Waals surface area contributed by atoms with Gasteiger partial charge in [-0.3, -0.25) is 0 Å². The molecule has 1 aromatic carbocycles. The summed E-state index contributed by atoms with van der Waals surface area (Å²) in [5.74, 6) is 4.28. The van der Waals surface area contributed by atoms with Gasteiger partial charge in [0.05, 0.1) is 21.8 Å². The van der Waals surface area contributed by atoms with Crippen molar-refractivity contribution in [1.82, 2.24) is 9.97 Å². The molecule has 0 unspecified atom stereocenters. The maximum atomic E-state index is 6.02. The Kier molecular flexibility index (Phi) is 6.11. The predicted molar refractivity (Wildman–Crippen MR) is 106 cm³/mol. The second kappa shape index (κ2) is 7.89. The number of anilines is 3. The van der Waals surface area contributed by atoms with Crippen molar-refractivity contribution in [3.8, 4) is 11.5 Å². The third kappa shape index (κ3) is 5.41. The first-order valence-electron chi connectivity index (χ1n) is 7.44. The van der Waals surface area contributed by atoms with Crippen LogP contribution in [0.15, 0.2) is 24.4 Å². The maximum Gasteiger partial charge on any atom is 0.229 e. The number of hydrogen-bond donors (Lipinski definition) is 2. The molecule has 0 saturated carbocycles. The third-order valence-electron chi connectivity index (χ3n) is 2.83. The second-order valence-corrected chi connectivity index (χ2v) is 11.7. The summed E-state index contributed by atoms with van der Waals surface area (Å²) < 4.78 is 0. The van der Waals surface area contributed by atoms with E-state index in [0.29, 0.717) is 28.4 Å². The van der Waals surface area contributed by atoms with Gasteiger partial charge < -0.3 is 10.6 Å². The van der Waals surface area contributed by atoms with Crippen molar-refractivity contribution in [3.05, 3.63) is 46.9 Å². The molecule has 0 fully saturated rings. The summed E-state index contributed by atoms with van der Waals surface area (Å²) in [7, 11) is -1.47. The molecule has 125 valence electrons. The average Bonchev–Trinajstić information content (AvgIpc) is 2.50. The minimum Gasteiger partial charge on any atom is -0.369 e. The summed E-state index contributed by atoms with van der Waals surface area (Å²) in [5.41, 5.74) is 4.84. The fourth-order valence-electron chi connectivity index (χ4n) is 1.74. The van der Waals surface area contributed by atoms with E-state index in [4.69, 9.17) is 23.2 Å². The van der Waals surface area contributed by atoms with Crippen molar-refractivity contribution < 1.29 is 0 Å². The molecule has 2 rings (SSSR count). The lowest BCUT2D eigenvalue weighted by Crippen LogP contribution is -2.16. The molecular formula is C17H19Cl2N4Si. The second-order valence-electron chi connectivity index (χ2n) is 6.14. The summed E-state index contributed by atoms with van der Waals surface area (Å²) in [4.78, 5) is 8.80. The van der Waals surface area contributed by atoms with Crippen LogP contribution in [-0.4, -0.2) is 24.6 Å². The highest BCUT2D eigenvalue weighted by molar-refractivity contribution is 6.83. The average molecular weight is 378 g/mol. The lowest BCUT2D eigenvalue weighted by molar-refractivity contribution is 1.13. The van der Waals surface area contributed by atoms with Gasteiger partial charge in [0.2, 0.25) is 5.95 Å².